The van der Waals surface area contributed by atoms with Crippen LogP contribution in [0.5, 0.6) is 0 Å². The topological polar surface area (TPSA) is 62.4 Å². The number of benzene rings is 1. The molecule has 0 aromatic heterocycles. The largest absolute Gasteiger partial charge is 0.383 e. The monoisotopic (exact) mass is 335 g/mol. The Morgan fingerprint density at radius 2 is 1.87 bits per heavy atom. The lowest BCUT2D eigenvalue weighted by Gasteiger charge is -2.15. The molecule has 0 aliphatic heterocycles. The molecule has 6 heteroatoms. The highest BCUT2D eigenvalue weighted by Gasteiger charge is 2.03. The smallest absolute Gasteiger partial charge is 0.262 e. The lowest BCUT2D eigenvalue weighted by Crippen LogP contribution is -2.49. The maximum absolute atomic E-state index is 11.7. The summed E-state index contributed by atoms with van der Waals surface area (Å²) in [6.45, 7) is 6.75. The highest BCUT2D eigenvalue weighted by Crippen LogP contribution is 2.15. The molecular formula is C17H25N3O2S. The van der Waals surface area contributed by atoms with Crippen molar-refractivity contribution in [2.75, 3.05) is 13.7 Å². The summed E-state index contributed by atoms with van der Waals surface area (Å²) in [6.07, 6.45) is 3.21. The average molecular weight is 335 g/mol. The molecule has 0 spiro atoms. The molecule has 0 heterocycles. The SMILES string of the molecule is COC[C@@H](C)NC(=S)NNC(=O)/C=C/c1ccc(C(C)C)cc1. The average Bonchev–Trinajstić information content (AvgIpc) is 2.51. The van der Waals surface area contributed by atoms with Crippen LogP contribution in [0.25, 0.3) is 6.08 Å². The van der Waals surface area contributed by atoms with E-state index in [-0.39, 0.29) is 11.9 Å². The van der Waals surface area contributed by atoms with Crippen molar-refractivity contribution >= 4 is 29.3 Å². The van der Waals surface area contributed by atoms with Gasteiger partial charge in [-0.1, -0.05) is 38.1 Å². The Hall–Kier alpha value is -1.92. The van der Waals surface area contributed by atoms with Crippen LogP contribution in [0, 0.1) is 0 Å². The van der Waals surface area contributed by atoms with Crippen LogP contribution < -0.4 is 16.2 Å². The molecule has 3 N–H and O–H groups in total. The first kappa shape index (κ1) is 19.1. The molecule has 23 heavy (non-hydrogen) atoms. The third-order valence-corrected chi connectivity index (χ3v) is 3.34. The summed E-state index contributed by atoms with van der Waals surface area (Å²) in [4.78, 5) is 11.7. The van der Waals surface area contributed by atoms with Crippen molar-refractivity contribution in [1.29, 1.82) is 0 Å². The van der Waals surface area contributed by atoms with Crippen LogP contribution in [0.3, 0.4) is 0 Å². The zero-order valence-electron chi connectivity index (χ0n) is 14.1. The minimum atomic E-state index is -0.276. The number of methoxy groups -OCH3 is 1. The second kappa shape index (κ2) is 9.97. The summed E-state index contributed by atoms with van der Waals surface area (Å²) in [5, 5.41) is 3.33. The van der Waals surface area contributed by atoms with Gasteiger partial charge < -0.3 is 10.1 Å². The minimum Gasteiger partial charge on any atom is -0.383 e. The standard InChI is InChI=1S/C17H25N3O2S/c1-12(2)15-8-5-14(6-9-15)7-10-16(21)19-20-17(23)18-13(3)11-22-4/h5-10,12-13H,11H2,1-4H3,(H,19,21)(H2,18,20,23)/b10-7+/t13-/m1/s1. The third kappa shape index (κ3) is 7.76. The Morgan fingerprint density at radius 3 is 2.43 bits per heavy atom. The van der Waals surface area contributed by atoms with Gasteiger partial charge in [0.05, 0.1) is 6.61 Å². The number of hydrazine groups is 1. The Labute approximate surface area is 143 Å². The van der Waals surface area contributed by atoms with Gasteiger partial charge in [0.15, 0.2) is 5.11 Å². The quantitative estimate of drug-likeness (QED) is 0.423. The first-order chi connectivity index (χ1) is 10.9. The predicted octanol–water partition coefficient (Wildman–Crippen LogP) is 2.35. The van der Waals surface area contributed by atoms with Crippen LogP contribution in [0.4, 0.5) is 0 Å². The summed E-state index contributed by atoms with van der Waals surface area (Å²) < 4.78 is 4.99. The molecule has 1 aromatic rings. The van der Waals surface area contributed by atoms with Crippen molar-refractivity contribution in [3.63, 3.8) is 0 Å². The van der Waals surface area contributed by atoms with Crippen LogP contribution in [-0.4, -0.2) is 30.8 Å². The summed E-state index contributed by atoms with van der Waals surface area (Å²) in [5.41, 5.74) is 7.40. The van der Waals surface area contributed by atoms with Crippen molar-refractivity contribution in [2.24, 2.45) is 0 Å². The molecule has 0 unspecified atom stereocenters. The van der Waals surface area contributed by atoms with Gasteiger partial charge in [-0.2, -0.15) is 0 Å². The second-order valence-corrected chi connectivity index (χ2v) is 6.01. The van der Waals surface area contributed by atoms with E-state index in [0.29, 0.717) is 17.6 Å². The lowest BCUT2D eigenvalue weighted by molar-refractivity contribution is -0.116. The molecule has 0 saturated heterocycles. The van der Waals surface area contributed by atoms with E-state index in [4.69, 9.17) is 17.0 Å². The van der Waals surface area contributed by atoms with Crippen molar-refractivity contribution in [2.45, 2.75) is 32.7 Å². The fourth-order valence-corrected chi connectivity index (χ4v) is 2.13. The fraction of sp³-hybridized carbons (Fsp3) is 0.412. The number of ether oxygens (including phenoxy) is 1. The molecule has 0 fully saturated rings. The molecule has 1 amide bonds. The Kier molecular flexibility index (Phi) is 8.29. The van der Waals surface area contributed by atoms with Gasteiger partial charge in [0.2, 0.25) is 0 Å². The number of carbonyl (C=O) groups excluding carboxylic acids is 1. The Bertz CT molecular complexity index is 541. The first-order valence-electron chi connectivity index (χ1n) is 7.55. The van der Waals surface area contributed by atoms with Crippen molar-refractivity contribution in [3.8, 4) is 0 Å². The molecule has 0 aliphatic carbocycles. The second-order valence-electron chi connectivity index (χ2n) is 5.60. The number of amides is 1. The highest BCUT2D eigenvalue weighted by atomic mass is 32.1. The normalized spacial score (nSPS) is 12.2. The van der Waals surface area contributed by atoms with Crippen molar-refractivity contribution in [3.05, 3.63) is 41.5 Å². The van der Waals surface area contributed by atoms with Crippen LogP contribution in [-0.2, 0) is 9.53 Å². The van der Waals surface area contributed by atoms with E-state index in [0.717, 1.165) is 5.56 Å². The van der Waals surface area contributed by atoms with Gasteiger partial charge in [-0.3, -0.25) is 15.6 Å². The minimum absolute atomic E-state index is 0.0620. The van der Waals surface area contributed by atoms with Gasteiger partial charge in [0, 0.05) is 19.2 Å². The van der Waals surface area contributed by atoms with Gasteiger partial charge in [-0.05, 0) is 42.3 Å². The summed E-state index contributed by atoms with van der Waals surface area (Å²) in [5.74, 6) is 0.219. The lowest BCUT2D eigenvalue weighted by atomic mass is 10.0. The van der Waals surface area contributed by atoms with Crippen molar-refractivity contribution < 1.29 is 9.53 Å². The zero-order chi connectivity index (χ0) is 17.2. The van der Waals surface area contributed by atoms with Gasteiger partial charge in [0.25, 0.3) is 5.91 Å². The van der Waals surface area contributed by atoms with Crippen LogP contribution in [0.15, 0.2) is 30.3 Å². The van der Waals surface area contributed by atoms with E-state index in [1.165, 1.54) is 11.6 Å². The molecule has 1 rings (SSSR count). The maximum atomic E-state index is 11.7. The number of rotatable bonds is 6. The Balaban J connectivity index is 2.39. The number of carbonyl (C=O) groups is 1. The van der Waals surface area contributed by atoms with Gasteiger partial charge >= 0.3 is 0 Å². The first-order valence-corrected chi connectivity index (χ1v) is 7.96. The maximum Gasteiger partial charge on any atom is 0.262 e. The van der Waals surface area contributed by atoms with Crippen LogP contribution >= 0.6 is 12.2 Å². The molecule has 5 nitrogen and oxygen atoms in total. The number of hydrogen-bond acceptors (Lipinski definition) is 3. The van der Waals surface area contributed by atoms with Gasteiger partial charge in [-0.15, -0.1) is 0 Å². The molecule has 126 valence electrons. The van der Waals surface area contributed by atoms with E-state index in [1.54, 1.807) is 13.2 Å². The van der Waals surface area contributed by atoms with E-state index >= 15 is 0 Å². The Morgan fingerprint density at radius 1 is 1.22 bits per heavy atom. The van der Waals surface area contributed by atoms with E-state index in [9.17, 15) is 4.79 Å². The number of thiocarbonyl (C=S) groups is 1. The number of hydrogen-bond donors (Lipinski definition) is 3. The van der Waals surface area contributed by atoms with E-state index in [2.05, 4.69) is 42.1 Å². The number of nitrogens with one attached hydrogen (secondary N) is 3. The van der Waals surface area contributed by atoms with E-state index < -0.39 is 0 Å². The fourth-order valence-electron chi connectivity index (χ4n) is 1.88. The molecule has 0 bridgehead atoms. The summed E-state index contributed by atoms with van der Waals surface area (Å²) in [7, 11) is 1.62. The summed E-state index contributed by atoms with van der Waals surface area (Å²) >= 11 is 5.06. The van der Waals surface area contributed by atoms with Gasteiger partial charge in [0.1, 0.15) is 0 Å². The molecular weight excluding hydrogens is 310 g/mol. The van der Waals surface area contributed by atoms with E-state index in [1.807, 2.05) is 19.1 Å². The summed E-state index contributed by atoms with van der Waals surface area (Å²) in [6, 6.07) is 8.18. The van der Waals surface area contributed by atoms with Gasteiger partial charge in [-0.25, -0.2) is 0 Å². The molecule has 1 aromatic carbocycles. The van der Waals surface area contributed by atoms with Crippen molar-refractivity contribution in [1.82, 2.24) is 16.2 Å². The molecule has 0 radical (unpaired) electrons. The third-order valence-electron chi connectivity index (χ3n) is 3.12. The molecule has 0 aliphatic rings. The molecule has 0 saturated carbocycles. The van der Waals surface area contributed by atoms with Crippen LogP contribution in [0.1, 0.15) is 37.8 Å². The molecule has 1 atom stereocenters. The van der Waals surface area contributed by atoms with Crippen LogP contribution in [0.2, 0.25) is 0 Å². The zero-order valence-corrected chi connectivity index (χ0v) is 14.9. The predicted molar refractivity (Wildman–Crippen MR) is 97.9 cm³/mol. The highest BCUT2D eigenvalue weighted by molar-refractivity contribution is 7.80.